The molecule has 0 heterocycles. The summed E-state index contributed by atoms with van der Waals surface area (Å²) in [6.07, 6.45) is 10.6. The van der Waals surface area contributed by atoms with Gasteiger partial charge >= 0.3 is 5.97 Å². The van der Waals surface area contributed by atoms with Gasteiger partial charge in [-0.25, -0.2) is 0 Å². The van der Waals surface area contributed by atoms with Crippen LogP contribution in [0.3, 0.4) is 0 Å². The van der Waals surface area contributed by atoms with Crippen molar-refractivity contribution < 1.29 is 24.2 Å². The molecular formula is C36H48N2O5. The number of amides is 2. The lowest BCUT2D eigenvalue weighted by Crippen LogP contribution is -2.50. The van der Waals surface area contributed by atoms with Crippen LogP contribution in [0.4, 0.5) is 0 Å². The number of esters is 1. The number of unbranched alkanes of at least 4 members (excludes halogenated alkanes) is 1. The Balaban J connectivity index is 1.68. The first-order valence-electron chi connectivity index (χ1n) is 15.6. The molecule has 3 rings (SSSR count). The van der Waals surface area contributed by atoms with E-state index >= 15 is 0 Å². The van der Waals surface area contributed by atoms with Gasteiger partial charge in [-0.2, -0.15) is 0 Å². The molecule has 3 atom stereocenters. The highest BCUT2D eigenvalue weighted by Crippen LogP contribution is 2.29. The molecular weight excluding hydrogens is 540 g/mol. The van der Waals surface area contributed by atoms with Crippen LogP contribution < -0.4 is 10.6 Å². The van der Waals surface area contributed by atoms with E-state index in [1.807, 2.05) is 66.7 Å². The minimum absolute atomic E-state index is 0.0140. The molecule has 1 fully saturated rings. The molecule has 3 N–H and O–H groups in total. The molecule has 43 heavy (non-hydrogen) atoms. The summed E-state index contributed by atoms with van der Waals surface area (Å²) < 4.78 is 5.87. The molecule has 7 nitrogen and oxygen atoms in total. The monoisotopic (exact) mass is 588 g/mol. The molecule has 7 heteroatoms. The van der Waals surface area contributed by atoms with Gasteiger partial charge in [0.25, 0.3) is 0 Å². The number of aliphatic hydroxyl groups is 1. The fourth-order valence-electron chi connectivity index (χ4n) is 5.81. The quantitative estimate of drug-likeness (QED) is 0.115. The summed E-state index contributed by atoms with van der Waals surface area (Å²) in [6.45, 7) is 7.49. The lowest BCUT2D eigenvalue weighted by atomic mass is 9.94. The number of rotatable bonds is 19. The summed E-state index contributed by atoms with van der Waals surface area (Å²) in [5.41, 5.74) is 1.47. The largest absolute Gasteiger partial charge is 0.463 e. The third-order valence-electron chi connectivity index (χ3n) is 8.24. The molecule has 0 aromatic heterocycles. The van der Waals surface area contributed by atoms with Crippen LogP contribution in [-0.2, 0) is 32.0 Å². The van der Waals surface area contributed by atoms with E-state index in [-0.39, 0.29) is 43.3 Å². The number of carbonyl (C=O) groups excluding carboxylic acids is 3. The molecule has 0 saturated heterocycles. The fraction of sp³-hybridized carbons (Fsp3) is 0.472. The number of benzene rings is 2. The Bertz CT molecular complexity index is 1160. The van der Waals surface area contributed by atoms with Gasteiger partial charge in [0.2, 0.25) is 11.8 Å². The minimum Gasteiger partial charge on any atom is -0.463 e. The lowest BCUT2D eigenvalue weighted by Gasteiger charge is -2.29. The van der Waals surface area contributed by atoms with Crippen molar-refractivity contribution >= 4 is 17.8 Å². The molecule has 1 saturated carbocycles. The second kappa shape index (κ2) is 18.1. The number of carbonyl (C=O) groups is 3. The molecule has 1 aliphatic carbocycles. The number of aliphatic hydroxyl groups excluding tert-OH is 1. The standard InChI is InChI=1S/C36H48N2O5/c1-3-5-8-20-31(23-28-16-9-6-10-17-28)35(42)43-26-32(24-29-18-11-7-12-19-29)37-34(41)30(15-4-2)25-33(40)38-36(27-39)21-13-14-22-36/h3-4,6-7,9-12,16-19,30-32,39H,1-2,5,8,13-15,20-27H2,(H,37,41)(H,38,40)/t30-,31-,32-/m1/s1. The highest BCUT2D eigenvalue weighted by Gasteiger charge is 2.35. The maximum atomic E-state index is 13.5. The zero-order valence-corrected chi connectivity index (χ0v) is 25.3. The van der Waals surface area contributed by atoms with Crippen LogP contribution >= 0.6 is 0 Å². The molecule has 0 aliphatic heterocycles. The molecule has 0 unspecified atom stereocenters. The van der Waals surface area contributed by atoms with Crippen molar-refractivity contribution in [1.29, 1.82) is 0 Å². The Morgan fingerprint density at radius 2 is 1.53 bits per heavy atom. The van der Waals surface area contributed by atoms with Gasteiger partial charge in [-0.05, 0) is 62.5 Å². The van der Waals surface area contributed by atoms with Crippen molar-refractivity contribution in [3.8, 4) is 0 Å². The Morgan fingerprint density at radius 1 is 0.907 bits per heavy atom. The maximum absolute atomic E-state index is 13.5. The summed E-state index contributed by atoms with van der Waals surface area (Å²) in [7, 11) is 0. The number of hydrogen-bond donors (Lipinski definition) is 3. The van der Waals surface area contributed by atoms with E-state index in [9.17, 15) is 19.5 Å². The van der Waals surface area contributed by atoms with Gasteiger partial charge < -0.3 is 20.5 Å². The van der Waals surface area contributed by atoms with E-state index < -0.39 is 17.5 Å². The number of ether oxygens (including phenoxy) is 1. The van der Waals surface area contributed by atoms with E-state index in [0.29, 0.717) is 25.7 Å². The van der Waals surface area contributed by atoms with Crippen molar-refractivity contribution in [1.82, 2.24) is 10.6 Å². The van der Waals surface area contributed by atoms with Crippen molar-refractivity contribution in [2.24, 2.45) is 11.8 Å². The van der Waals surface area contributed by atoms with Crippen LogP contribution in [0.1, 0.15) is 68.9 Å². The predicted octanol–water partition coefficient (Wildman–Crippen LogP) is 5.48. The Kier molecular flexibility index (Phi) is 14.2. The molecule has 2 amide bonds. The Hall–Kier alpha value is -3.71. The van der Waals surface area contributed by atoms with Crippen LogP contribution in [-0.4, -0.2) is 47.7 Å². The van der Waals surface area contributed by atoms with Gasteiger partial charge in [0.15, 0.2) is 0 Å². The third kappa shape index (κ3) is 11.5. The predicted molar refractivity (Wildman–Crippen MR) is 170 cm³/mol. The van der Waals surface area contributed by atoms with Gasteiger partial charge in [-0.1, -0.05) is 85.7 Å². The first-order valence-corrected chi connectivity index (χ1v) is 15.6. The fourth-order valence-corrected chi connectivity index (χ4v) is 5.81. The molecule has 0 spiro atoms. The summed E-state index contributed by atoms with van der Waals surface area (Å²) >= 11 is 0. The van der Waals surface area contributed by atoms with Crippen LogP contribution in [0.5, 0.6) is 0 Å². The van der Waals surface area contributed by atoms with Gasteiger partial charge in [-0.3, -0.25) is 14.4 Å². The van der Waals surface area contributed by atoms with Gasteiger partial charge in [0, 0.05) is 6.42 Å². The number of allylic oxidation sites excluding steroid dienone is 2. The molecule has 2 aromatic rings. The van der Waals surface area contributed by atoms with Gasteiger partial charge in [0.05, 0.1) is 30.0 Å². The average Bonchev–Trinajstić information content (AvgIpc) is 3.48. The second-order valence-corrected chi connectivity index (χ2v) is 11.8. The smallest absolute Gasteiger partial charge is 0.309 e. The van der Waals surface area contributed by atoms with E-state index in [0.717, 1.165) is 49.7 Å². The second-order valence-electron chi connectivity index (χ2n) is 11.8. The van der Waals surface area contributed by atoms with Crippen LogP contribution in [0, 0.1) is 11.8 Å². The summed E-state index contributed by atoms with van der Waals surface area (Å²) in [4.78, 5) is 39.8. The SMILES string of the molecule is C=CCCC[C@H](Cc1ccccc1)C(=O)OC[C@@H](Cc1ccccc1)NC(=O)[C@H](CC=C)CC(=O)NC1(CO)CCCC1. The number of hydrogen-bond acceptors (Lipinski definition) is 5. The van der Waals surface area contributed by atoms with Crippen molar-refractivity contribution in [3.05, 3.63) is 97.1 Å². The molecule has 1 aliphatic rings. The van der Waals surface area contributed by atoms with E-state index in [1.165, 1.54) is 0 Å². The van der Waals surface area contributed by atoms with Gasteiger partial charge in [0.1, 0.15) is 6.61 Å². The normalized spacial score (nSPS) is 15.9. The minimum atomic E-state index is -0.631. The van der Waals surface area contributed by atoms with Crippen molar-refractivity contribution in [2.75, 3.05) is 13.2 Å². The molecule has 0 radical (unpaired) electrons. The Morgan fingerprint density at radius 3 is 2.12 bits per heavy atom. The zero-order valence-electron chi connectivity index (χ0n) is 25.3. The average molecular weight is 589 g/mol. The molecule has 2 aromatic carbocycles. The highest BCUT2D eigenvalue weighted by molar-refractivity contribution is 5.86. The van der Waals surface area contributed by atoms with Crippen molar-refractivity contribution in [3.63, 3.8) is 0 Å². The zero-order chi connectivity index (χ0) is 30.9. The molecule has 232 valence electrons. The van der Waals surface area contributed by atoms with E-state index in [4.69, 9.17) is 4.74 Å². The van der Waals surface area contributed by atoms with Crippen LogP contribution in [0.15, 0.2) is 86.0 Å². The van der Waals surface area contributed by atoms with Crippen molar-refractivity contribution in [2.45, 2.75) is 82.2 Å². The summed E-state index contributed by atoms with van der Waals surface area (Å²) in [5, 5.41) is 16.0. The topological polar surface area (TPSA) is 105 Å². The number of nitrogens with one attached hydrogen (secondary N) is 2. The maximum Gasteiger partial charge on any atom is 0.309 e. The first-order chi connectivity index (χ1) is 20.9. The first kappa shape index (κ1) is 33.8. The van der Waals surface area contributed by atoms with E-state index in [2.05, 4.69) is 23.8 Å². The molecule has 0 bridgehead atoms. The highest BCUT2D eigenvalue weighted by atomic mass is 16.5. The summed E-state index contributed by atoms with van der Waals surface area (Å²) in [5.74, 6) is -1.76. The lowest BCUT2D eigenvalue weighted by molar-refractivity contribution is -0.150. The third-order valence-corrected chi connectivity index (χ3v) is 8.24. The Labute approximate surface area is 256 Å². The van der Waals surface area contributed by atoms with E-state index in [1.54, 1.807) is 6.08 Å². The summed E-state index contributed by atoms with van der Waals surface area (Å²) in [6, 6.07) is 19.2. The van der Waals surface area contributed by atoms with Crippen LogP contribution in [0.25, 0.3) is 0 Å². The van der Waals surface area contributed by atoms with Crippen LogP contribution in [0.2, 0.25) is 0 Å². The van der Waals surface area contributed by atoms with Gasteiger partial charge in [-0.15, -0.1) is 13.2 Å².